The molecule has 1 saturated heterocycles. The molecule has 18 heavy (non-hydrogen) atoms. The Balaban J connectivity index is 2.30. The van der Waals surface area contributed by atoms with Crippen molar-refractivity contribution in [1.82, 2.24) is 5.32 Å². The Morgan fingerprint density at radius 1 is 1.11 bits per heavy atom. The van der Waals surface area contributed by atoms with Crippen LogP contribution in [0.2, 0.25) is 0 Å². The molecular formula is C13H15F4N. The van der Waals surface area contributed by atoms with Gasteiger partial charge in [-0.05, 0) is 37.6 Å². The van der Waals surface area contributed by atoms with Crippen LogP contribution in [0.4, 0.5) is 17.6 Å². The van der Waals surface area contributed by atoms with Crippen LogP contribution >= 0.6 is 0 Å². The smallest absolute Gasteiger partial charge is 0.310 e. The molecule has 1 aliphatic rings. The van der Waals surface area contributed by atoms with E-state index in [1.807, 2.05) is 0 Å². The van der Waals surface area contributed by atoms with Gasteiger partial charge < -0.3 is 5.32 Å². The topological polar surface area (TPSA) is 12.0 Å². The Bertz CT molecular complexity index is 406. The molecule has 1 aliphatic heterocycles. The molecule has 1 unspecified atom stereocenters. The maximum absolute atomic E-state index is 13.7. The van der Waals surface area contributed by atoms with E-state index in [-0.39, 0.29) is 11.6 Å². The van der Waals surface area contributed by atoms with Crippen molar-refractivity contribution >= 4 is 0 Å². The molecule has 0 aromatic heterocycles. The molecule has 1 N–H and O–H groups in total. The van der Waals surface area contributed by atoms with Crippen molar-refractivity contribution in [2.24, 2.45) is 0 Å². The maximum Gasteiger partial charge on any atom is 0.416 e. The van der Waals surface area contributed by atoms with Crippen molar-refractivity contribution in [2.75, 3.05) is 6.54 Å². The first kappa shape index (κ1) is 13.3. The Labute approximate surface area is 103 Å². The quantitative estimate of drug-likeness (QED) is 0.752. The molecule has 0 amide bonds. The van der Waals surface area contributed by atoms with Crippen molar-refractivity contribution in [1.29, 1.82) is 0 Å². The van der Waals surface area contributed by atoms with E-state index in [0.29, 0.717) is 6.42 Å². The molecular weight excluding hydrogens is 246 g/mol. The Morgan fingerprint density at radius 2 is 1.89 bits per heavy atom. The molecule has 0 saturated carbocycles. The fourth-order valence-electron chi connectivity index (χ4n) is 2.28. The molecule has 0 radical (unpaired) electrons. The lowest BCUT2D eigenvalue weighted by Gasteiger charge is -2.18. The third-order valence-corrected chi connectivity index (χ3v) is 3.26. The largest absolute Gasteiger partial charge is 0.416 e. The fourth-order valence-corrected chi connectivity index (χ4v) is 2.28. The van der Waals surface area contributed by atoms with Gasteiger partial charge in [0.1, 0.15) is 5.82 Å². The van der Waals surface area contributed by atoms with Crippen molar-refractivity contribution in [3.63, 3.8) is 0 Å². The van der Waals surface area contributed by atoms with Crippen molar-refractivity contribution in [3.8, 4) is 0 Å². The Kier molecular flexibility index (Phi) is 3.90. The molecule has 100 valence electrons. The molecule has 1 aromatic carbocycles. The molecule has 0 bridgehead atoms. The zero-order valence-corrected chi connectivity index (χ0v) is 9.86. The van der Waals surface area contributed by atoms with Gasteiger partial charge in [-0.1, -0.05) is 12.8 Å². The number of alkyl halides is 3. The normalized spacial score (nSPS) is 21.7. The first-order chi connectivity index (χ1) is 8.48. The predicted molar refractivity (Wildman–Crippen MR) is 60.6 cm³/mol. The summed E-state index contributed by atoms with van der Waals surface area (Å²) < 4.78 is 51.5. The summed E-state index contributed by atoms with van der Waals surface area (Å²) >= 11 is 0. The summed E-state index contributed by atoms with van der Waals surface area (Å²) in [5, 5.41) is 3.11. The summed E-state index contributed by atoms with van der Waals surface area (Å²) in [6.45, 7) is 0.723. The molecule has 1 nitrogen and oxygen atoms in total. The van der Waals surface area contributed by atoms with Crippen LogP contribution in [0.25, 0.3) is 0 Å². The van der Waals surface area contributed by atoms with E-state index in [0.717, 1.165) is 44.0 Å². The number of hydrogen-bond acceptors (Lipinski definition) is 1. The second kappa shape index (κ2) is 5.26. The Morgan fingerprint density at radius 3 is 2.61 bits per heavy atom. The highest BCUT2D eigenvalue weighted by Gasteiger charge is 2.32. The van der Waals surface area contributed by atoms with Gasteiger partial charge in [0, 0.05) is 11.6 Å². The van der Waals surface area contributed by atoms with Crippen LogP contribution in [0.1, 0.15) is 42.9 Å². The number of halogens is 4. The predicted octanol–water partition coefficient (Wildman–Crippen LogP) is 4.05. The highest BCUT2D eigenvalue weighted by atomic mass is 19.4. The van der Waals surface area contributed by atoms with Crippen molar-refractivity contribution < 1.29 is 17.6 Å². The standard InChI is InChI=1S/C13H15F4N/c14-11-6-5-9(13(15,16)17)8-10(11)12-4-2-1-3-7-18-12/h5-6,8,12,18H,1-4,7H2. The zero-order valence-electron chi connectivity index (χ0n) is 9.86. The molecule has 1 fully saturated rings. The first-order valence-corrected chi connectivity index (χ1v) is 6.08. The van der Waals surface area contributed by atoms with Crippen LogP contribution < -0.4 is 5.32 Å². The molecule has 5 heteroatoms. The number of benzene rings is 1. The van der Waals surface area contributed by atoms with Crippen LogP contribution in [-0.4, -0.2) is 6.54 Å². The van der Waals surface area contributed by atoms with Crippen LogP contribution in [0.3, 0.4) is 0 Å². The highest BCUT2D eigenvalue weighted by molar-refractivity contribution is 5.29. The van der Waals surface area contributed by atoms with E-state index in [1.165, 1.54) is 0 Å². The lowest BCUT2D eigenvalue weighted by molar-refractivity contribution is -0.137. The van der Waals surface area contributed by atoms with Crippen molar-refractivity contribution in [3.05, 3.63) is 35.1 Å². The average Bonchev–Trinajstić information content (AvgIpc) is 2.56. The lowest BCUT2D eigenvalue weighted by atomic mass is 9.99. The summed E-state index contributed by atoms with van der Waals surface area (Å²) in [4.78, 5) is 0. The van der Waals surface area contributed by atoms with Crippen molar-refractivity contribution in [2.45, 2.75) is 37.9 Å². The minimum Gasteiger partial charge on any atom is -0.310 e. The lowest BCUT2D eigenvalue weighted by Crippen LogP contribution is -2.22. The van der Waals surface area contributed by atoms with Crippen LogP contribution in [0.5, 0.6) is 0 Å². The minimum atomic E-state index is -4.42. The molecule has 1 atom stereocenters. The van der Waals surface area contributed by atoms with Gasteiger partial charge in [-0.3, -0.25) is 0 Å². The third kappa shape index (κ3) is 3.02. The average molecular weight is 261 g/mol. The van der Waals surface area contributed by atoms with Crippen LogP contribution in [0.15, 0.2) is 18.2 Å². The van der Waals surface area contributed by atoms with Gasteiger partial charge in [-0.2, -0.15) is 13.2 Å². The van der Waals surface area contributed by atoms with E-state index in [1.54, 1.807) is 0 Å². The van der Waals surface area contributed by atoms with Gasteiger partial charge in [0.15, 0.2) is 0 Å². The maximum atomic E-state index is 13.7. The molecule has 1 aromatic rings. The summed E-state index contributed by atoms with van der Waals surface area (Å²) in [5.41, 5.74) is -0.656. The molecule has 0 spiro atoms. The van der Waals surface area contributed by atoms with E-state index < -0.39 is 17.6 Å². The van der Waals surface area contributed by atoms with E-state index in [2.05, 4.69) is 5.32 Å². The number of nitrogens with one attached hydrogen (secondary N) is 1. The summed E-state index contributed by atoms with van der Waals surface area (Å²) in [6, 6.07) is 2.31. The molecule has 0 aliphatic carbocycles. The summed E-state index contributed by atoms with van der Waals surface area (Å²) in [7, 11) is 0. The third-order valence-electron chi connectivity index (χ3n) is 3.26. The molecule has 2 rings (SSSR count). The number of hydrogen-bond donors (Lipinski definition) is 1. The van der Waals surface area contributed by atoms with Gasteiger partial charge in [-0.15, -0.1) is 0 Å². The van der Waals surface area contributed by atoms with Gasteiger partial charge in [0.25, 0.3) is 0 Å². The van der Waals surface area contributed by atoms with Gasteiger partial charge in [0.2, 0.25) is 0 Å². The molecule has 1 heterocycles. The summed E-state index contributed by atoms with van der Waals surface area (Å²) in [5.74, 6) is -0.567. The number of rotatable bonds is 1. The van der Waals surface area contributed by atoms with Crippen LogP contribution in [0, 0.1) is 5.82 Å². The zero-order chi connectivity index (χ0) is 13.2. The van der Waals surface area contributed by atoms with Crippen LogP contribution in [-0.2, 0) is 6.18 Å². The fraction of sp³-hybridized carbons (Fsp3) is 0.538. The van der Waals surface area contributed by atoms with E-state index in [9.17, 15) is 17.6 Å². The second-order valence-corrected chi connectivity index (χ2v) is 4.59. The minimum absolute atomic E-state index is 0.131. The summed E-state index contributed by atoms with van der Waals surface area (Å²) in [6.07, 6.45) is -0.820. The van der Waals surface area contributed by atoms with Gasteiger partial charge in [0.05, 0.1) is 5.56 Å². The van der Waals surface area contributed by atoms with Gasteiger partial charge in [-0.25, -0.2) is 4.39 Å². The van der Waals surface area contributed by atoms with Gasteiger partial charge >= 0.3 is 6.18 Å². The SMILES string of the molecule is Fc1ccc(C(F)(F)F)cc1C1CCCCCN1. The first-order valence-electron chi connectivity index (χ1n) is 6.08. The van der Waals surface area contributed by atoms with E-state index in [4.69, 9.17) is 0 Å². The monoisotopic (exact) mass is 261 g/mol. The Hall–Kier alpha value is -1.10. The second-order valence-electron chi connectivity index (χ2n) is 4.59. The highest BCUT2D eigenvalue weighted by Crippen LogP contribution is 2.33. The van der Waals surface area contributed by atoms with E-state index >= 15 is 0 Å².